The van der Waals surface area contributed by atoms with Crippen LogP contribution < -0.4 is 4.74 Å². The molecule has 0 saturated carbocycles. The highest BCUT2D eigenvalue weighted by Gasteiger charge is 2.26. The third-order valence-corrected chi connectivity index (χ3v) is 3.87. The molecule has 110 valence electrons. The highest BCUT2D eigenvalue weighted by Crippen LogP contribution is 2.31. The number of carbonyl (C=O) groups excluding carboxylic acids is 1. The van der Waals surface area contributed by atoms with E-state index in [1.807, 2.05) is 48.5 Å². The number of rotatable bonds is 2. The van der Waals surface area contributed by atoms with Gasteiger partial charge in [0.2, 0.25) is 5.78 Å². The first-order valence-corrected chi connectivity index (χ1v) is 7.50. The number of carbonyl (C=O) groups is 1. The summed E-state index contributed by atoms with van der Waals surface area (Å²) in [4.78, 5) is 12.4. The summed E-state index contributed by atoms with van der Waals surface area (Å²) in [5.74, 6) is 0.935. The zero-order chi connectivity index (χ0) is 15.6. The van der Waals surface area contributed by atoms with Gasteiger partial charge < -0.3 is 4.74 Å². The van der Waals surface area contributed by atoms with Gasteiger partial charge in [-0.15, -0.1) is 0 Å². The molecule has 0 spiro atoms. The first-order chi connectivity index (χ1) is 11.3. The monoisotopic (exact) mass is 298 g/mol. The van der Waals surface area contributed by atoms with Gasteiger partial charge in [0.15, 0.2) is 5.76 Å². The van der Waals surface area contributed by atoms with Crippen molar-refractivity contribution in [2.45, 2.75) is 0 Å². The van der Waals surface area contributed by atoms with Crippen LogP contribution in [0.25, 0.3) is 17.2 Å². The van der Waals surface area contributed by atoms with E-state index in [4.69, 9.17) is 4.74 Å². The highest BCUT2D eigenvalue weighted by molar-refractivity contribution is 6.14. The van der Waals surface area contributed by atoms with E-state index in [1.54, 1.807) is 12.1 Å². The summed E-state index contributed by atoms with van der Waals surface area (Å²) in [7, 11) is 0. The molecule has 4 rings (SSSR count). The lowest BCUT2D eigenvalue weighted by atomic mass is 10.0. The first kappa shape index (κ1) is 13.5. The smallest absolute Gasteiger partial charge is 0.231 e. The van der Waals surface area contributed by atoms with E-state index in [0.29, 0.717) is 17.1 Å². The van der Waals surface area contributed by atoms with Crippen LogP contribution in [0.2, 0.25) is 0 Å². The van der Waals surface area contributed by atoms with Crippen molar-refractivity contribution in [3.8, 4) is 16.9 Å². The minimum absolute atomic E-state index is 0.0642. The Hall–Kier alpha value is -3.13. The fourth-order valence-electron chi connectivity index (χ4n) is 2.73. The Morgan fingerprint density at radius 1 is 0.739 bits per heavy atom. The van der Waals surface area contributed by atoms with Crippen LogP contribution in [0.4, 0.5) is 0 Å². The number of hydrogen-bond donors (Lipinski definition) is 0. The Kier molecular flexibility index (Phi) is 3.28. The Morgan fingerprint density at radius 2 is 1.48 bits per heavy atom. The maximum absolute atomic E-state index is 12.4. The first-order valence-electron chi connectivity index (χ1n) is 7.50. The molecule has 0 aromatic heterocycles. The lowest BCUT2D eigenvalue weighted by Crippen LogP contribution is -1.98. The van der Waals surface area contributed by atoms with Gasteiger partial charge in [0.25, 0.3) is 0 Å². The highest BCUT2D eigenvalue weighted by atomic mass is 16.5. The van der Waals surface area contributed by atoms with E-state index in [0.717, 1.165) is 16.7 Å². The predicted octanol–water partition coefficient (Wildman–Crippen LogP) is 4.97. The number of allylic oxidation sites excluding steroid dienone is 1. The number of para-hydroxylation sites is 1. The molecule has 3 aromatic carbocycles. The molecule has 0 radical (unpaired) electrons. The Labute approximate surface area is 134 Å². The molecule has 0 unspecified atom stereocenters. The van der Waals surface area contributed by atoms with Crippen LogP contribution in [-0.2, 0) is 0 Å². The summed E-state index contributed by atoms with van der Waals surface area (Å²) in [6.07, 6.45) is 1.80. The zero-order valence-corrected chi connectivity index (χ0v) is 12.4. The van der Waals surface area contributed by atoms with Gasteiger partial charge in [0, 0.05) is 0 Å². The van der Waals surface area contributed by atoms with Gasteiger partial charge in [-0.05, 0) is 41.0 Å². The van der Waals surface area contributed by atoms with Crippen LogP contribution in [-0.4, -0.2) is 5.78 Å². The molecule has 2 nitrogen and oxygen atoms in total. The molecule has 0 fully saturated rings. The Balaban J connectivity index is 1.69. The average Bonchev–Trinajstić information content (AvgIpc) is 2.92. The standard InChI is InChI=1S/C21H14O2/c22-21-18-11-4-5-12-19(18)23-20(21)14-15-7-6-10-17(13-15)16-8-2-1-3-9-16/h1-14H/b20-14-. The van der Waals surface area contributed by atoms with E-state index in [9.17, 15) is 4.79 Å². The molecular formula is C21H14O2. The van der Waals surface area contributed by atoms with Crippen molar-refractivity contribution >= 4 is 11.9 Å². The van der Waals surface area contributed by atoms with Gasteiger partial charge in [-0.25, -0.2) is 0 Å². The second-order valence-electron chi connectivity index (χ2n) is 5.43. The van der Waals surface area contributed by atoms with Crippen molar-refractivity contribution in [3.63, 3.8) is 0 Å². The number of benzene rings is 3. The summed E-state index contributed by atoms with van der Waals surface area (Å²) < 4.78 is 5.68. The fourth-order valence-corrected chi connectivity index (χ4v) is 2.73. The molecule has 2 heteroatoms. The normalized spacial score (nSPS) is 14.6. The van der Waals surface area contributed by atoms with Gasteiger partial charge in [-0.1, -0.05) is 60.7 Å². The summed E-state index contributed by atoms with van der Waals surface area (Å²) >= 11 is 0. The van der Waals surface area contributed by atoms with Crippen molar-refractivity contribution in [2.75, 3.05) is 0 Å². The number of hydrogen-bond acceptors (Lipinski definition) is 2. The van der Waals surface area contributed by atoms with Crippen molar-refractivity contribution in [1.82, 2.24) is 0 Å². The maximum atomic E-state index is 12.4. The van der Waals surface area contributed by atoms with Gasteiger partial charge in [-0.2, -0.15) is 0 Å². The van der Waals surface area contributed by atoms with Crippen molar-refractivity contribution in [2.24, 2.45) is 0 Å². The third-order valence-electron chi connectivity index (χ3n) is 3.87. The zero-order valence-electron chi connectivity index (χ0n) is 12.4. The van der Waals surface area contributed by atoms with Crippen molar-refractivity contribution < 1.29 is 9.53 Å². The molecule has 1 heterocycles. The van der Waals surface area contributed by atoms with Crippen LogP contribution in [0.1, 0.15) is 15.9 Å². The molecule has 0 N–H and O–H groups in total. The molecule has 1 aliphatic rings. The summed E-state index contributed by atoms with van der Waals surface area (Å²) in [5, 5.41) is 0. The van der Waals surface area contributed by atoms with Gasteiger partial charge >= 0.3 is 0 Å². The minimum Gasteiger partial charge on any atom is -0.452 e. The van der Waals surface area contributed by atoms with Crippen molar-refractivity contribution in [3.05, 3.63) is 95.7 Å². The lowest BCUT2D eigenvalue weighted by Gasteiger charge is -2.03. The molecule has 1 aliphatic heterocycles. The van der Waals surface area contributed by atoms with Gasteiger partial charge in [0.05, 0.1) is 5.56 Å². The second kappa shape index (κ2) is 5.58. The lowest BCUT2D eigenvalue weighted by molar-refractivity contribution is 0.101. The summed E-state index contributed by atoms with van der Waals surface area (Å²) in [6.45, 7) is 0. The molecule has 0 saturated heterocycles. The largest absolute Gasteiger partial charge is 0.452 e. The SMILES string of the molecule is O=C1/C(=C/c2cccc(-c3ccccc3)c2)Oc2ccccc21. The third kappa shape index (κ3) is 2.55. The molecular weight excluding hydrogens is 284 g/mol. The number of ether oxygens (including phenoxy) is 1. The van der Waals surface area contributed by atoms with E-state index in [2.05, 4.69) is 24.3 Å². The predicted molar refractivity (Wildman–Crippen MR) is 91.3 cm³/mol. The fraction of sp³-hybridized carbons (Fsp3) is 0. The maximum Gasteiger partial charge on any atom is 0.231 e. The van der Waals surface area contributed by atoms with Crippen molar-refractivity contribution in [1.29, 1.82) is 0 Å². The van der Waals surface area contributed by atoms with Crippen LogP contribution in [0.15, 0.2) is 84.6 Å². The van der Waals surface area contributed by atoms with Crippen LogP contribution >= 0.6 is 0 Å². The Bertz CT molecular complexity index is 908. The molecule has 0 aliphatic carbocycles. The van der Waals surface area contributed by atoms with E-state index in [-0.39, 0.29) is 5.78 Å². The topological polar surface area (TPSA) is 26.3 Å². The average molecular weight is 298 g/mol. The Morgan fingerprint density at radius 3 is 2.30 bits per heavy atom. The number of Topliss-reactive ketones (excluding diaryl/α,β-unsaturated/α-hetero) is 1. The number of fused-ring (bicyclic) bond motifs is 1. The van der Waals surface area contributed by atoms with Gasteiger partial charge in [0.1, 0.15) is 5.75 Å². The van der Waals surface area contributed by atoms with E-state index >= 15 is 0 Å². The number of ketones is 1. The molecule has 0 amide bonds. The molecule has 3 aromatic rings. The van der Waals surface area contributed by atoms with Crippen LogP contribution in [0, 0.1) is 0 Å². The minimum atomic E-state index is -0.0642. The second-order valence-corrected chi connectivity index (χ2v) is 5.43. The summed E-state index contributed by atoms with van der Waals surface area (Å²) in [5.41, 5.74) is 3.83. The molecule has 23 heavy (non-hydrogen) atoms. The van der Waals surface area contributed by atoms with Crippen LogP contribution in [0.3, 0.4) is 0 Å². The molecule has 0 bridgehead atoms. The summed E-state index contributed by atoms with van der Waals surface area (Å²) in [6, 6.07) is 25.6. The molecule has 0 atom stereocenters. The van der Waals surface area contributed by atoms with Crippen LogP contribution in [0.5, 0.6) is 5.75 Å². The quantitative estimate of drug-likeness (QED) is 0.624. The van der Waals surface area contributed by atoms with E-state index < -0.39 is 0 Å². The van der Waals surface area contributed by atoms with E-state index in [1.165, 1.54) is 0 Å². The van der Waals surface area contributed by atoms with Gasteiger partial charge in [-0.3, -0.25) is 4.79 Å².